The Morgan fingerprint density at radius 2 is 0.860 bits per heavy atom. The molecule has 0 amide bonds. The fourth-order valence-electron chi connectivity index (χ4n) is 5.20. The van der Waals surface area contributed by atoms with E-state index in [0.717, 1.165) is 66.7 Å². The van der Waals surface area contributed by atoms with Crippen molar-refractivity contribution in [2.75, 3.05) is 0 Å². The highest BCUT2D eigenvalue weighted by Crippen LogP contribution is 2.72. The second-order valence-electron chi connectivity index (χ2n) is 11.8. The lowest BCUT2D eigenvalue weighted by Crippen LogP contribution is -2.75. The summed E-state index contributed by atoms with van der Waals surface area (Å²) in [5, 5.41) is -7.82. The molecule has 0 radical (unpaired) electrons. The molecule has 5 rings (SSSR count). The summed E-state index contributed by atoms with van der Waals surface area (Å²) in [7, 11) is -12.7. The minimum absolute atomic E-state index is 0.0569. The Kier molecular flexibility index (Phi) is 10.6. The molecule has 0 N–H and O–H groups in total. The molecule has 1 aromatic heterocycles. The van der Waals surface area contributed by atoms with E-state index >= 15 is 17.6 Å². The van der Waals surface area contributed by atoms with Crippen LogP contribution in [0.25, 0.3) is 21.9 Å². The van der Waals surface area contributed by atoms with Crippen LogP contribution in [0, 0.1) is 4.51 Å². The van der Waals surface area contributed by atoms with Gasteiger partial charge < -0.3 is 4.42 Å². The fourth-order valence-corrected chi connectivity index (χ4v) is 10.8. The van der Waals surface area contributed by atoms with Gasteiger partial charge in [-0.15, -0.1) is 0 Å². The van der Waals surface area contributed by atoms with E-state index < -0.39 is 82.1 Å². The Hall–Kier alpha value is -4.16. The predicted octanol–water partition coefficient (Wildman–Crippen LogP) is 12.8. The van der Waals surface area contributed by atoms with Crippen LogP contribution >= 0.6 is 22.5 Å². The standard InChI is InChI=1S/C33H17F17O4S3/c34-26(35,28(38,39)30(42,43)32(46,47)48)27(36,37)29(40,41)31(44,45)33(49,50)57(51,52)54-56(18-9-3-1-4-10-18,19-11-5-2-6-12-19)20-15-16-24-22(17-20)25(55)21-13-7-8-14-23(21)53-24/h1-17H. The first-order valence-corrected chi connectivity index (χ1v) is 18.3. The van der Waals surface area contributed by atoms with Crippen molar-refractivity contribution in [2.45, 2.75) is 61.7 Å². The van der Waals surface area contributed by atoms with Gasteiger partial charge >= 0.3 is 57.1 Å². The summed E-state index contributed by atoms with van der Waals surface area (Å²) < 4.78 is 278. The molecule has 0 bridgehead atoms. The lowest BCUT2D eigenvalue weighted by Gasteiger charge is -2.43. The molecule has 24 heteroatoms. The number of halogens is 17. The van der Waals surface area contributed by atoms with Crippen molar-refractivity contribution < 1.29 is 91.1 Å². The fraction of sp³-hybridized carbons (Fsp3) is 0.242. The van der Waals surface area contributed by atoms with E-state index in [1.54, 1.807) is 6.07 Å². The third kappa shape index (κ3) is 6.22. The molecule has 0 aliphatic rings. The van der Waals surface area contributed by atoms with Gasteiger partial charge in [0.1, 0.15) is 11.2 Å². The summed E-state index contributed by atoms with van der Waals surface area (Å²) in [5.74, 6) is -52.6. The Balaban J connectivity index is 1.76. The van der Waals surface area contributed by atoms with E-state index in [2.05, 4.69) is 0 Å². The summed E-state index contributed by atoms with van der Waals surface area (Å²) in [6.45, 7) is 0. The average molecular weight is 897 g/mol. The van der Waals surface area contributed by atoms with E-state index in [-0.39, 0.29) is 26.4 Å². The zero-order chi connectivity index (χ0) is 43.1. The molecule has 5 aromatic rings. The molecular weight excluding hydrogens is 880 g/mol. The highest BCUT2D eigenvalue weighted by atomic mass is 32.3. The van der Waals surface area contributed by atoms with Gasteiger partial charge in [-0.2, -0.15) is 83.1 Å². The second-order valence-corrected chi connectivity index (χ2v) is 16.7. The van der Waals surface area contributed by atoms with E-state index in [9.17, 15) is 65.5 Å². The van der Waals surface area contributed by atoms with Gasteiger partial charge in [0.2, 0.25) is 0 Å². The van der Waals surface area contributed by atoms with Crippen LogP contribution in [0.1, 0.15) is 0 Å². The first-order chi connectivity index (χ1) is 25.9. The van der Waals surface area contributed by atoms with Gasteiger partial charge in [0.05, 0.1) is 4.51 Å². The molecule has 0 unspecified atom stereocenters. The van der Waals surface area contributed by atoms with Crippen LogP contribution in [0.15, 0.2) is 122 Å². The van der Waals surface area contributed by atoms with Gasteiger partial charge in [-0.25, -0.2) is 3.63 Å². The highest BCUT2D eigenvalue weighted by Gasteiger charge is 2.96. The molecular formula is C33H17F17O4S3. The van der Waals surface area contributed by atoms with Crippen LogP contribution in [0.2, 0.25) is 0 Å². The van der Waals surface area contributed by atoms with Gasteiger partial charge in [0.25, 0.3) is 0 Å². The van der Waals surface area contributed by atoms with Crippen molar-refractivity contribution in [3.05, 3.63) is 108 Å². The Labute approximate surface area is 314 Å². The number of para-hydroxylation sites is 1. The van der Waals surface area contributed by atoms with Gasteiger partial charge in [-0.05, 0) is 64.9 Å². The topological polar surface area (TPSA) is 56.5 Å². The molecule has 0 saturated heterocycles. The molecule has 57 heavy (non-hydrogen) atoms. The van der Waals surface area contributed by atoms with E-state index in [1.807, 2.05) is 0 Å². The predicted molar refractivity (Wildman–Crippen MR) is 171 cm³/mol. The molecule has 0 aliphatic heterocycles. The highest BCUT2D eigenvalue weighted by molar-refractivity contribution is 8.33. The first-order valence-electron chi connectivity index (χ1n) is 14.9. The van der Waals surface area contributed by atoms with E-state index in [1.165, 1.54) is 30.3 Å². The lowest BCUT2D eigenvalue weighted by atomic mass is 9.91. The van der Waals surface area contributed by atoms with Crippen molar-refractivity contribution in [3.8, 4) is 0 Å². The Morgan fingerprint density at radius 3 is 1.33 bits per heavy atom. The quantitative estimate of drug-likeness (QED) is 0.0709. The third-order valence-corrected chi connectivity index (χ3v) is 13.9. The summed E-state index contributed by atoms with van der Waals surface area (Å²) >= 11 is 5.50. The number of benzene rings is 4. The van der Waals surface area contributed by atoms with E-state index in [4.69, 9.17) is 20.3 Å². The summed E-state index contributed by atoms with van der Waals surface area (Å²) in [6.07, 6.45) is -7.95. The van der Waals surface area contributed by atoms with Gasteiger partial charge in [-0.3, -0.25) is 0 Å². The molecule has 310 valence electrons. The van der Waals surface area contributed by atoms with Gasteiger partial charge in [0, 0.05) is 25.5 Å². The van der Waals surface area contributed by atoms with Crippen molar-refractivity contribution in [3.63, 3.8) is 0 Å². The Bertz CT molecular complexity index is 2430. The van der Waals surface area contributed by atoms with Crippen molar-refractivity contribution >= 4 is 54.6 Å². The first kappa shape index (κ1) is 44.0. The van der Waals surface area contributed by atoms with Crippen LogP contribution in [0.3, 0.4) is 0 Å². The number of hydrogen-bond acceptors (Lipinski definition) is 5. The monoisotopic (exact) mass is 896 g/mol. The minimum atomic E-state index is -9.01. The summed E-state index contributed by atoms with van der Waals surface area (Å²) in [6, 6.07) is 19.5. The van der Waals surface area contributed by atoms with Crippen LogP contribution in [-0.4, -0.2) is 55.4 Å². The molecule has 0 saturated carbocycles. The van der Waals surface area contributed by atoms with Crippen LogP contribution in [0.4, 0.5) is 74.6 Å². The molecule has 1 heterocycles. The summed E-state index contributed by atoms with van der Waals surface area (Å²) in [5.41, 5.74) is 0.115. The summed E-state index contributed by atoms with van der Waals surface area (Å²) in [4.78, 5) is -1.72. The smallest absolute Gasteiger partial charge is 0.456 e. The normalized spacial score (nSPS) is 15.0. The van der Waals surface area contributed by atoms with Gasteiger partial charge in [-0.1, -0.05) is 60.7 Å². The van der Waals surface area contributed by atoms with Crippen LogP contribution in [0.5, 0.6) is 0 Å². The van der Waals surface area contributed by atoms with Crippen LogP contribution in [-0.2, 0) is 13.7 Å². The number of hydrogen-bond donors (Lipinski definition) is 0. The maximum atomic E-state index is 15.6. The zero-order valence-electron chi connectivity index (χ0n) is 27.1. The van der Waals surface area contributed by atoms with Crippen molar-refractivity contribution in [1.29, 1.82) is 0 Å². The van der Waals surface area contributed by atoms with E-state index in [0.29, 0.717) is 0 Å². The lowest BCUT2D eigenvalue weighted by molar-refractivity contribution is -0.458. The molecule has 0 fully saturated rings. The molecule has 4 aromatic carbocycles. The second kappa shape index (κ2) is 13.7. The zero-order valence-corrected chi connectivity index (χ0v) is 29.5. The Morgan fingerprint density at radius 1 is 0.456 bits per heavy atom. The molecule has 0 spiro atoms. The molecule has 4 nitrogen and oxygen atoms in total. The number of fused-ring (bicyclic) bond motifs is 2. The third-order valence-electron chi connectivity index (χ3n) is 8.23. The number of rotatable bonds is 12. The van der Waals surface area contributed by atoms with Crippen LogP contribution < -0.4 is 0 Å². The van der Waals surface area contributed by atoms with Gasteiger partial charge in [0.15, 0.2) is 0 Å². The maximum absolute atomic E-state index is 15.6. The minimum Gasteiger partial charge on any atom is -0.456 e. The molecule has 0 aliphatic carbocycles. The van der Waals surface area contributed by atoms with Crippen molar-refractivity contribution in [1.82, 2.24) is 0 Å². The average Bonchev–Trinajstić information content (AvgIpc) is 3.13. The SMILES string of the molecule is O=S(=O)(OS(c1ccccc1)(c1ccccc1)c1ccc2oc3ccccc3c(=S)c2c1)C(F)(F)C(F)(F)C(F)(F)C(F)(F)C(F)(F)C(F)(F)C(F)(F)C(F)(F)F. The largest absolute Gasteiger partial charge is 0.460 e. The molecule has 0 atom stereocenters. The number of alkyl halides is 17. The van der Waals surface area contributed by atoms with Crippen molar-refractivity contribution in [2.24, 2.45) is 0 Å². The maximum Gasteiger partial charge on any atom is 0.460 e.